The number of anilines is 1. The van der Waals surface area contributed by atoms with Crippen LogP contribution in [0, 0.1) is 11.3 Å². The fourth-order valence-corrected chi connectivity index (χ4v) is 2.85. The van der Waals surface area contributed by atoms with Crippen molar-refractivity contribution >= 4 is 16.7 Å². The topological polar surface area (TPSA) is 60.5 Å². The summed E-state index contributed by atoms with van der Waals surface area (Å²) in [6, 6.07) is 9.42. The smallest absolute Gasteiger partial charge is 0.356 e. The van der Waals surface area contributed by atoms with E-state index in [9.17, 15) is 10.1 Å². The lowest BCUT2D eigenvalue weighted by molar-refractivity contribution is 0.271. The zero-order valence-electron chi connectivity index (χ0n) is 12.0. The molecule has 2 aromatic rings. The molecule has 0 N–H and O–H groups in total. The van der Waals surface area contributed by atoms with Crippen LogP contribution in [0.25, 0.3) is 11.0 Å². The normalized spacial score (nSPS) is 16.1. The molecule has 0 spiro atoms. The highest BCUT2D eigenvalue weighted by Gasteiger charge is 2.23. The Labute approximate surface area is 123 Å². The van der Waals surface area contributed by atoms with Crippen molar-refractivity contribution in [3.05, 3.63) is 40.2 Å². The van der Waals surface area contributed by atoms with Gasteiger partial charge >= 0.3 is 5.63 Å². The lowest BCUT2D eigenvalue weighted by Crippen LogP contribution is -2.46. The summed E-state index contributed by atoms with van der Waals surface area (Å²) < 4.78 is 5.24. The van der Waals surface area contributed by atoms with Crippen LogP contribution in [-0.2, 0) is 0 Å². The van der Waals surface area contributed by atoms with Gasteiger partial charge in [0, 0.05) is 31.6 Å². The van der Waals surface area contributed by atoms with E-state index in [0.29, 0.717) is 5.58 Å². The first kappa shape index (κ1) is 13.7. The van der Waals surface area contributed by atoms with E-state index in [1.807, 2.05) is 24.3 Å². The average Bonchev–Trinajstić information content (AvgIpc) is 2.53. The molecular formula is C16H17N3O2. The molecule has 1 saturated heterocycles. The van der Waals surface area contributed by atoms with Crippen molar-refractivity contribution in [2.24, 2.45) is 0 Å². The predicted molar refractivity (Wildman–Crippen MR) is 81.5 cm³/mol. The number of benzene rings is 1. The highest BCUT2D eigenvalue weighted by molar-refractivity contribution is 5.93. The molecule has 5 heteroatoms. The second-order valence-electron chi connectivity index (χ2n) is 5.14. The SMILES string of the molecule is CCN1CCN(c2c(C#N)c(=O)oc3ccccc23)CC1. The molecule has 5 nitrogen and oxygen atoms in total. The zero-order chi connectivity index (χ0) is 14.8. The molecule has 0 atom stereocenters. The van der Waals surface area contributed by atoms with Crippen molar-refractivity contribution in [3.8, 4) is 6.07 Å². The van der Waals surface area contributed by atoms with Gasteiger partial charge in [0.25, 0.3) is 0 Å². The van der Waals surface area contributed by atoms with Crippen molar-refractivity contribution in [2.75, 3.05) is 37.6 Å². The number of fused-ring (bicyclic) bond motifs is 1. The molecule has 108 valence electrons. The molecule has 0 bridgehead atoms. The van der Waals surface area contributed by atoms with Gasteiger partial charge in [-0.05, 0) is 18.7 Å². The van der Waals surface area contributed by atoms with Crippen LogP contribution < -0.4 is 10.5 Å². The van der Waals surface area contributed by atoms with Gasteiger partial charge in [-0.15, -0.1) is 0 Å². The van der Waals surface area contributed by atoms with E-state index in [1.165, 1.54) is 0 Å². The molecule has 3 rings (SSSR count). The van der Waals surface area contributed by atoms with Gasteiger partial charge in [0.1, 0.15) is 11.7 Å². The molecule has 1 aromatic carbocycles. The maximum atomic E-state index is 12.0. The Morgan fingerprint density at radius 3 is 2.62 bits per heavy atom. The lowest BCUT2D eigenvalue weighted by atomic mass is 10.1. The summed E-state index contributed by atoms with van der Waals surface area (Å²) in [5.74, 6) is 0. The van der Waals surface area contributed by atoms with E-state index in [2.05, 4.69) is 16.7 Å². The molecule has 21 heavy (non-hydrogen) atoms. The number of piperazine rings is 1. The summed E-state index contributed by atoms with van der Waals surface area (Å²) in [4.78, 5) is 16.5. The van der Waals surface area contributed by atoms with E-state index < -0.39 is 5.63 Å². The molecule has 0 aliphatic carbocycles. The molecule has 0 radical (unpaired) electrons. The quantitative estimate of drug-likeness (QED) is 0.787. The highest BCUT2D eigenvalue weighted by Crippen LogP contribution is 2.29. The zero-order valence-corrected chi connectivity index (χ0v) is 12.0. The Morgan fingerprint density at radius 2 is 1.95 bits per heavy atom. The monoisotopic (exact) mass is 283 g/mol. The minimum Gasteiger partial charge on any atom is -0.422 e. The number of nitrogens with zero attached hydrogens (tertiary/aromatic N) is 3. The molecule has 1 aromatic heterocycles. The Morgan fingerprint density at radius 1 is 1.24 bits per heavy atom. The number of hydrogen-bond acceptors (Lipinski definition) is 5. The van der Waals surface area contributed by atoms with Crippen molar-refractivity contribution in [3.63, 3.8) is 0 Å². The molecular weight excluding hydrogens is 266 g/mol. The van der Waals surface area contributed by atoms with E-state index in [1.54, 1.807) is 6.07 Å². The Kier molecular flexibility index (Phi) is 3.63. The summed E-state index contributed by atoms with van der Waals surface area (Å²) >= 11 is 0. The summed E-state index contributed by atoms with van der Waals surface area (Å²) in [6.07, 6.45) is 0. The van der Waals surface area contributed by atoms with Gasteiger partial charge in [0.15, 0.2) is 5.56 Å². The molecule has 1 aliphatic heterocycles. The van der Waals surface area contributed by atoms with E-state index in [4.69, 9.17) is 4.42 Å². The fraction of sp³-hybridized carbons (Fsp3) is 0.375. The number of para-hydroxylation sites is 1. The largest absolute Gasteiger partial charge is 0.422 e. The summed E-state index contributed by atoms with van der Waals surface area (Å²) in [6.45, 7) is 6.68. The van der Waals surface area contributed by atoms with Crippen LogP contribution in [0.4, 0.5) is 5.69 Å². The van der Waals surface area contributed by atoms with Gasteiger partial charge in [0.05, 0.1) is 5.69 Å². The van der Waals surface area contributed by atoms with Gasteiger partial charge in [0.2, 0.25) is 0 Å². The predicted octanol–water partition coefficient (Wildman–Crippen LogP) is 1.81. The maximum absolute atomic E-state index is 12.0. The fourth-order valence-electron chi connectivity index (χ4n) is 2.85. The molecule has 1 aliphatic rings. The van der Waals surface area contributed by atoms with Crippen LogP contribution in [0.15, 0.2) is 33.5 Å². The van der Waals surface area contributed by atoms with Gasteiger partial charge in [-0.1, -0.05) is 19.1 Å². The van der Waals surface area contributed by atoms with Gasteiger partial charge in [-0.25, -0.2) is 4.79 Å². The van der Waals surface area contributed by atoms with Crippen molar-refractivity contribution < 1.29 is 4.42 Å². The van der Waals surface area contributed by atoms with Gasteiger partial charge in [-0.3, -0.25) is 0 Å². The minimum atomic E-state index is -0.552. The molecule has 0 saturated carbocycles. The highest BCUT2D eigenvalue weighted by atomic mass is 16.4. The third kappa shape index (κ3) is 2.39. The molecule has 0 amide bonds. The molecule has 0 unspecified atom stereocenters. The second kappa shape index (κ2) is 5.58. The first-order valence-corrected chi connectivity index (χ1v) is 7.18. The molecule has 1 fully saturated rings. The Bertz CT molecular complexity index is 752. The number of nitriles is 1. The van der Waals surface area contributed by atoms with Crippen molar-refractivity contribution in [1.82, 2.24) is 4.90 Å². The van der Waals surface area contributed by atoms with Crippen LogP contribution in [0.1, 0.15) is 12.5 Å². The van der Waals surface area contributed by atoms with Crippen LogP contribution in [0.5, 0.6) is 0 Å². The number of hydrogen-bond donors (Lipinski definition) is 0. The average molecular weight is 283 g/mol. The lowest BCUT2D eigenvalue weighted by Gasteiger charge is -2.36. The summed E-state index contributed by atoms with van der Waals surface area (Å²) in [5, 5.41) is 10.2. The van der Waals surface area contributed by atoms with Crippen LogP contribution in [0.2, 0.25) is 0 Å². The number of likely N-dealkylation sites (N-methyl/N-ethyl adjacent to an activating group) is 1. The van der Waals surface area contributed by atoms with Crippen LogP contribution >= 0.6 is 0 Å². The maximum Gasteiger partial charge on any atom is 0.356 e. The van der Waals surface area contributed by atoms with Crippen LogP contribution in [0.3, 0.4) is 0 Å². The standard InChI is InChI=1S/C16H17N3O2/c1-2-18-7-9-19(10-8-18)15-12-5-3-4-6-14(12)21-16(20)13(15)11-17/h3-6H,2,7-10H2,1H3. The van der Waals surface area contributed by atoms with Crippen molar-refractivity contribution in [2.45, 2.75) is 6.92 Å². The summed E-state index contributed by atoms with van der Waals surface area (Å²) in [7, 11) is 0. The van der Waals surface area contributed by atoms with Crippen molar-refractivity contribution in [1.29, 1.82) is 5.26 Å². The molecule has 2 heterocycles. The Balaban J connectivity index is 2.13. The first-order chi connectivity index (χ1) is 10.2. The third-order valence-corrected chi connectivity index (χ3v) is 4.03. The van der Waals surface area contributed by atoms with Gasteiger partial charge < -0.3 is 14.2 Å². The first-order valence-electron chi connectivity index (χ1n) is 7.18. The third-order valence-electron chi connectivity index (χ3n) is 4.03. The minimum absolute atomic E-state index is 0.110. The Hall–Kier alpha value is -2.32. The van der Waals surface area contributed by atoms with E-state index >= 15 is 0 Å². The van der Waals surface area contributed by atoms with E-state index in [0.717, 1.165) is 43.8 Å². The second-order valence-corrected chi connectivity index (χ2v) is 5.14. The van der Waals surface area contributed by atoms with E-state index in [-0.39, 0.29) is 5.56 Å². The van der Waals surface area contributed by atoms with Gasteiger partial charge in [-0.2, -0.15) is 5.26 Å². The van der Waals surface area contributed by atoms with Crippen LogP contribution in [-0.4, -0.2) is 37.6 Å². The summed E-state index contributed by atoms with van der Waals surface area (Å²) in [5.41, 5.74) is 0.817. The number of rotatable bonds is 2.